The summed E-state index contributed by atoms with van der Waals surface area (Å²) < 4.78 is 12.2. The second-order valence-electron chi connectivity index (χ2n) is 7.67. The lowest BCUT2D eigenvalue weighted by atomic mass is 10.1. The Labute approximate surface area is 170 Å². The van der Waals surface area contributed by atoms with Crippen molar-refractivity contribution in [3.63, 3.8) is 0 Å². The summed E-state index contributed by atoms with van der Waals surface area (Å²) in [6.07, 6.45) is 1.77. The molecule has 0 unspecified atom stereocenters. The van der Waals surface area contributed by atoms with Gasteiger partial charge in [-0.05, 0) is 52.2 Å². The van der Waals surface area contributed by atoms with Gasteiger partial charge in [-0.3, -0.25) is 14.2 Å². The van der Waals surface area contributed by atoms with E-state index in [0.29, 0.717) is 47.9 Å². The molecule has 154 valence electrons. The van der Waals surface area contributed by atoms with Crippen LogP contribution in [0.25, 0.3) is 11.2 Å². The highest BCUT2D eigenvalue weighted by Crippen LogP contribution is 2.19. The van der Waals surface area contributed by atoms with Crippen LogP contribution in [-0.4, -0.2) is 39.8 Å². The van der Waals surface area contributed by atoms with Crippen LogP contribution in [0.15, 0.2) is 16.9 Å². The Hall–Kier alpha value is -1.99. The summed E-state index contributed by atoms with van der Waals surface area (Å²) in [7, 11) is 1.60. The van der Waals surface area contributed by atoms with Crippen molar-refractivity contribution in [2.45, 2.75) is 65.0 Å². The molecule has 0 fully saturated rings. The SMILES string of the molecule is CC[C@H](COC)n1c(=O)c(CCCC(=O)OC(C)(C)C)nc2ccc(Cl)nc21. The van der Waals surface area contributed by atoms with Crippen molar-refractivity contribution >= 4 is 28.7 Å². The van der Waals surface area contributed by atoms with Gasteiger partial charge in [-0.2, -0.15) is 0 Å². The van der Waals surface area contributed by atoms with Gasteiger partial charge in [0.25, 0.3) is 5.56 Å². The van der Waals surface area contributed by atoms with Gasteiger partial charge < -0.3 is 9.47 Å². The van der Waals surface area contributed by atoms with Gasteiger partial charge >= 0.3 is 5.97 Å². The summed E-state index contributed by atoms with van der Waals surface area (Å²) in [5, 5.41) is 0.299. The van der Waals surface area contributed by atoms with E-state index < -0.39 is 5.60 Å². The number of methoxy groups -OCH3 is 1. The molecule has 28 heavy (non-hydrogen) atoms. The molecule has 0 aliphatic heterocycles. The number of aromatic nitrogens is 3. The van der Waals surface area contributed by atoms with Crippen LogP contribution in [0, 0.1) is 0 Å². The Morgan fingerprint density at radius 2 is 2.00 bits per heavy atom. The Kier molecular flexibility index (Phi) is 7.55. The second-order valence-corrected chi connectivity index (χ2v) is 8.06. The molecule has 2 rings (SSSR count). The lowest BCUT2D eigenvalue weighted by molar-refractivity contribution is -0.154. The molecule has 0 aliphatic rings. The van der Waals surface area contributed by atoms with Gasteiger partial charge in [0.15, 0.2) is 5.65 Å². The maximum absolute atomic E-state index is 13.1. The van der Waals surface area contributed by atoms with Crippen LogP contribution in [0.2, 0.25) is 5.15 Å². The Morgan fingerprint density at radius 3 is 2.61 bits per heavy atom. The number of carbonyl (C=O) groups excluding carboxylic acids is 1. The average Bonchev–Trinajstić information content (AvgIpc) is 2.59. The first-order valence-corrected chi connectivity index (χ1v) is 9.82. The Balaban J connectivity index is 2.34. The fourth-order valence-electron chi connectivity index (χ4n) is 2.97. The van der Waals surface area contributed by atoms with Gasteiger partial charge in [0.1, 0.15) is 22.0 Å². The largest absolute Gasteiger partial charge is 0.460 e. The van der Waals surface area contributed by atoms with E-state index in [4.69, 9.17) is 21.1 Å². The normalized spacial score (nSPS) is 12.9. The van der Waals surface area contributed by atoms with Gasteiger partial charge in [-0.25, -0.2) is 9.97 Å². The Bertz CT molecular complexity index is 889. The summed E-state index contributed by atoms with van der Waals surface area (Å²) in [6.45, 7) is 7.84. The van der Waals surface area contributed by atoms with Gasteiger partial charge in [0.05, 0.1) is 12.6 Å². The molecule has 7 nitrogen and oxygen atoms in total. The van der Waals surface area contributed by atoms with Crippen LogP contribution >= 0.6 is 11.6 Å². The van der Waals surface area contributed by atoms with Crippen molar-refractivity contribution < 1.29 is 14.3 Å². The molecule has 2 aromatic heterocycles. The van der Waals surface area contributed by atoms with Crippen molar-refractivity contribution in [2.24, 2.45) is 0 Å². The van der Waals surface area contributed by atoms with Crippen LogP contribution in [0.3, 0.4) is 0 Å². The van der Waals surface area contributed by atoms with E-state index in [1.54, 1.807) is 23.8 Å². The third kappa shape index (κ3) is 5.75. The number of rotatable bonds is 8. The second kappa shape index (κ2) is 9.47. The molecule has 0 bridgehead atoms. The van der Waals surface area contributed by atoms with E-state index in [2.05, 4.69) is 9.97 Å². The van der Waals surface area contributed by atoms with E-state index in [9.17, 15) is 9.59 Å². The summed E-state index contributed by atoms with van der Waals surface area (Å²) in [4.78, 5) is 33.8. The molecule has 0 amide bonds. The number of hydrogen-bond donors (Lipinski definition) is 0. The topological polar surface area (TPSA) is 83.3 Å². The smallest absolute Gasteiger partial charge is 0.306 e. The maximum atomic E-state index is 13.1. The van der Waals surface area contributed by atoms with E-state index in [0.717, 1.165) is 0 Å². The lowest BCUT2D eigenvalue weighted by Gasteiger charge is -2.20. The zero-order chi connectivity index (χ0) is 20.9. The summed E-state index contributed by atoms with van der Waals surface area (Å²) in [6, 6.07) is 3.21. The minimum Gasteiger partial charge on any atom is -0.460 e. The van der Waals surface area contributed by atoms with E-state index in [1.165, 1.54) is 0 Å². The third-order valence-corrected chi connectivity index (χ3v) is 4.39. The standard InChI is InChI=1S/C20H28ClN3O4/c1-6-13(12-27-5)24-18-14(10-11-16(21)23-18)22-15(19(24)26)8-7-9-17(25)28-20(2,3)4/h10-11,13H,6-9,12H2,1-5H3/t13-/m1/s1. The summed E-state index contributed by atoms with van der Waals surface area (Å²) in [5.74, 6) is -0.284. The highest BCUT2D eigenvalue weighted by Gasteiger charge is 2.20. The molecule has 2 aromatic rings. The zero-order valence-corrected chi connectivity index (χ0v) is 17.9. The number of hydrogen-bond acceptors (Lipinski definition) is 6. The first-order chi connectivity index (χ1) is 13.2. The lowest BCUT2D eigenvalue weighted by Crippen LogP contribution is -2.32. The highest BCUT2D eigenvalue weighted by atomic mass is 35.5. The number of fused-ring (bicyclic) bond motifs is 1. The van der Waals surface area contributed by atoms with Crippen molar-refractivity contribution in [2.75, 3.05) is 13.7 Å². The van der Waals surface area contributed by atoms with Gasteiger partial charge in [-0.15, -0.1) is 0 Å². The molecular weight excluding hydrogens is 382 g/mol. The highest BCUT2D eigenvalue weighted by molar-refractivity contribution is 6.29. The number of halogens is 1. The summed E-state index contributed by atoms with van der Waals surface area (Å²) in [5.41, 5.74) is 0.679. The third-order valence-electron chi connectivity index (χ3n) is 4.18. The predicted octanol–water partition coefficient (Wildman–Crippen LogP) is 3.71. The predicted molar refractivity (Wildman–Crippen MR) is 109 cm³/mol. The first kappa shape index (κ1) is 22.3. The molecule has 0 N–H and O–H groups in total. The van der Waals surface area contributed by atoms with Crippen molar-refractivity contribution in [1.29, 1.82) is 0 Å². The fourth-order valence-corrected chi connectivity index (χ4v) is 3.12. The molecule has 2 heterocycles. The Morgan fingerprint density at radius 1 is 1.29 bits per heavy atom. The van der Waals surface area contributed by atoms with Crippen LogP contribution in [0.1, 0.15) is 58.7 Å². The van der Waals surface area contributed by atoms with Crippen LogP contribution in [-0.2, 0) is 20.7 Å². The number of aryl methyl sites for hydroxylation is 1. The van der Waals surface area contributed by atoms with Crippen LogP contribution in [0.5, 0.6) is 0 Å². The zero-order valence-electron chi connectivity index (χ0n) is 17.1. The van der Waals surface area contributed by atoms with Gasteiger partial charge in [-0.1, -0.05) is 18.5 Å². The monoisotopic (exact) mass is 409 g/mol. The molecule has 0 radical (unpaired) electrons. The number of carbonyl (C=O) groups is 1. The molecule has 0 aromatic carbocycles. The minimum absolute atomic E-state index is 0.182. The molecule has 0 saturated heterocycles. The molecule has 1 atom stereocenters. The number of ether oxygens (including phenoxy) is 2. The van der Waals surface area contributed by atoms with Crippen molar-refractivity contribution in [1.82, 2.24) is 14.5 Å². The fraction of sp³-hybridized carbons (Fsp3) is 0.600. The number of pyridine rings is 1. The molecule has 0 aliphatic carbocycles. The van der Waals surface area contributed by atoms with E-state index >= 15 is 0 Å². The quantitative estimate of drug-likeness (QED) is 0.488. The van der Waals surface area contributed by atoms with Crippen LogP contribution in [0.4, 0.5) is 0 Å². The van der Waals surface area contributed by atoms with Crippen molar-refractivity contribution in [3.8, 4) is 0 Å². The first-order valence-electron chi connectivity index (χ1n) is 9.44. The summed E-state index contributed by atoms with van der Waals surface area (Å²) >= 11 is 6.04. The van der Waals surface area contributed by atoms with Crippen LogP contribution < -0.4 is 5.56 Å². The number of esters is 1. The molecular formula is C20H28ClN3O4. The molecule has 8 heteroatoms. The number of nitrogens with zero attached hydrogens (tertiary/aromatic N) is 3. The maximum Gasteiger partial charge on any atom is 0.306 e. The van der Waals surface area contributed by atoms with E-state index in [-0.39, 0.29) is 24.0 Å². The van der Waals surface area contributed by atoms with Crippen molar-refractivity contribution in [3.05, 3.63) is 33.3 Å². The van der Waals surface area contributed by atoms with Gasteiger partial charge in [0.2, 0.25) is 0 Å². The average molecular weight is 410 g/mol. The minimum atomic E-state index is -0.523. The molecule has 0 spiro atoms. The van der Waals surface area contributed by atoms with E-state index in [1.807, 2.05) is 27.7 Å². The van der Waals surface area contributed by atoms with Gasteiger partial charge in [0, 0.05) is 13.5 Å². The molecule has 0 saturated carbocycles.